The minimum absolute atomic E-state index is 0.218. The molecule has 2 aromatic heterocycles. The molecule has 6 nitrogen and oxygen atoms in total. The molecule has 0 radical (unpaired) electrons. The highest BCUT2D eigenvalue weighted by Gasteiger charge is 2.10. The van der Waals surface area contributed by atoms with Crippen LogP contribution in [0.15, 0.2) is 24.8 Å². The van der Waals surface area contributed by atoms with Crippen molar-refractivity contribution in [3.63, 3.8) is 0 Å². The smallest absolute Gasteiger partial charge is 0.287 e. The van der Waals surface area contributed by atoms with Crippen molar-refractivity contribution in [3.05, 3.63) is 30.5 Å². The molecule has 0 bridgehead atoms. The van der Waals surface area contributed by atoms with Crippen LogP contribution in [0, 0.1) is 0 Å². The summed E-state index contributed by atoms with van der Waals surface area (Å²) in [6.07, 6.45) is 6.53. The van der Waals surface area contributed by atoms with Crippen molar-refractivity contribution in [3.8, 4) is 0 Å². The summed E-state index contributed by atoms with van der Waals surface area (Å²) in [5, 5.41) is 0. The molecule has 0 unspecified atom stereocenters. The molecule has 6 heteroatoms. The van der Waals surface area contributed by atoms with E-state index in [1.54, 1.807) is 23.0 Å². The summed E-state index contributed by atoms with van der Waals surface area (Å²) in [6.45, 7) is 0. The molecule has 0 aromatic carbocycles. The number of nitrogens with two attached hydrogens (primary N) is 1. The number of hydrogen-bond donors (Lipinski definition) is 2. The van der Waals surface area contributed by atoms with Crippen LogP contribution in [-0.4, -0.2) is 20.3 Å². The van der Waals surface area contributed by atoms with Gasteiger partial charge in [0.15, 0.2) is 11.3 Å². The van der Waals surface area contributed by atoms with Crippen molar-refractivity contribution in [2.75, 3.05) is 0 Å². The molecule has 0 saturated heterocycles. The number of carbonyl (C=O) groups is 1. The molecule has 0 spiro atoms. The van der Waals surface area contributed by atoms with E-state index in [-0.39, 0.29) is 5.69 Å². The van der Waals surface area contributed by atoms with E-state index in [1.165, 1.54) is 6.20 Å². The van der Waals surface area contributed by atoms with Crippen LogP contribution >= 0.6 is 0 Å². The minimum Gasteiger partial charge on any atom is -0.304 e. The van der Waals surface area contributed by atoms with Crippen LogP contribution in [0.5, 0.6) is 0 Å². The summed E-state index contributed by atoms with van der Waals surface area (Å²) in [5.74, 6) is 4.54. The van der Waals surface area contributed by atoms with Gasteiger partial charge in [-0.1, -0.05) is 0 Å². The van der Waals surface area contributed by atoms with Gasteiger partial charge in [-0.25, -0.2) is 15.8 Å². The average molecular weight is 177 g/mol. The largest absolute Gasteiger partial charge is 0.304 e. The average Bonchev–Trinajstić information content (AvgIpc) is 2.63. The predicted octanol–water partition coefficient (Wildman–Crippen LogP) is -0.667. The first-order chi connectivity index (χ1) is 6.33. The lowest BCUT2D eigenvalue weighted by Gasteiger charge is -1.99. The lowest BCUT2D eigenvalue weighted by atomic mass is 10.4. The number of fused-ring (bicyclic) bond motifs is 1. The number of hydrogen-bond acceptors (Lipinski definition) is 4. The highest BCUT2D eigenvalue weighted by Crippen LogP contribution is 2.03. The fourth-order valence-electron chi connectivity index (χ4n) is 1.08. The molecular formula is C7H7N5O. The topological polar surface area (TPSA) is 85.3 Å². The Bertz CT molecular complexity index is 449. The first-order valence-corrected chi connectivity index (χ1v) is 3.61. The summed E-state index contributed by atoms with van der Waals surface area (Å²) < 4.78 is 1.69. The Hall–Kier alpha value is -1.95. The molecule has 1 amide bonds. The van der Waals surface area contributed by atoms with E-state index >= 15 is 0 Å². The second-order valence-electron chi connectivity index (χ2n) is 2.41. The molecule has 2 rings (SSSR count). The van der Waals surface area contributed by atoms with Gasteiger partial charge < -0.3 is 4.40 Å². The van der Waals surface area contributed by atoms with E-state index in [4.69, 9.17) is 5.84 Å². The summed E-state index contributed by atoms with van der Waals surface area (Å²) >= 11 is 0. The SMILES string of the molecule is NNC(=O)c1nccn2ccnc12. The summed E-state index contributed by atoms with van der Waals surface area (Å²) in [4.78, 5) is 19.0. The second kappa shape index (κ2) is 2.83. The van der Waals surface area contributed by atoms with Crippen molar-refractivity contribution in [2.24, 2.45) is 5.84 Å². The number of nitrogens with one attached hydrogen (secondary N) is 1. The monoisotopic (exact) mass is 177 g/mol. The lowest BCUT2D eigenvalue weighted by Crippen LogP contribution is -2.31. The van der Waals surface area contributed by atoms with Crippen LogP contribution in [0.2, 0.25) is 0 Å². The van der Waals surface area contributed by atoms with Gasteiger partial charge in [-0.3, -0.25) is 10.2 Å². The molecule has 0 aliphatic carbocycles. The van der Waals surface area contributed by atoms with Crippen LogP contribution in [-0.2, 0) is 0 Å². The predicted molar refractivity (Wildman–Crippen MR) is 44.6 cm³/mol. The number of carbonyl (C=O) groups excluding carboxylic acids is 1. The van der Waals surface area contributed by atoms with Crippen LogP contribution in [0.4, 0.5) is 0 Å². The van der Waals surface area contributed by atoms with E-state index in [2.05, 4.69) is 9.97 Å². The number of imidazole rings is 1. The van der Waals surface area contributed by atoms with Gasteiger partial charge in [0.25, 0.3) is 5.91 Å². The van der Waals surface area contributed by atoms with Crippen molar-refractivity contribution < 1.29 is 4.79 Å². The second-order valence-corrected chi connectivity index (χ2v) is 2.41. The van der Waals surface area contributed by atoms with Gasteiger partial charge in [-0.2, -0.15) is 0 Å². The standard InChI is InChI=1S/C7H7N5O/c8-11-7(13)5-6-10-2-4-12(6)3-1-9-5/h1-4H,8H2,(H,11,13). The zero-order valence-corrected chi connectivity index (χ0v) is 6.64. The molecule has 3 N–H and O–H groups in total. The maximum absolute atomic E-state index is 11.2. The zero-order valence-electron chi connectivity index (χ0n) is 6.64. The number of aromatic nitrogens is 3. The fourth-order valence-corrected chi connectivity index (χ4v) is 1.08. The van der Waals surface area contributed by atoms with Crippen LogP contribution in [0.3, 0.4) is 0 Å². The zero-order chi connectivity index (χ0) is 9.26. The third-order valence-electron chi connectivity index (χ3n) is 1.66. The maximum atomic E-state index is 11.2. The molecular weight excluding hydrogens is 170 g/mol. The molecule has 0 atom stereocenters. The summed E-state index contributed by atoms with van der Waals surface area (Å²) in [5.41, 5.74) is 2.72. The molecule has 0 aliphatic rings. The number of hydrazine groups is 1. The van der Waals surface area contributed by atoms with Crippen molar-refractivity contribution in [1.29, 1.82) is 0 Å². The summed E-state index contributed by atoms with van der Waals surface area (Å²) in [7, 11) is 0. The lowest BCUT2D eigenvalue weighted by molar-refractivity contribution is 0.0950. The maximum Gasteiger partial charge on any atom is 0.287 e. The third kappa shape index (κ3) is 1.13. The molecule has 2 heterocycles. The Labute approximate surface area is 73.4 Å². The van der Waals surface area contributed by atoms with Crippen molar-refractivity contribution >= 4 is 11.6 Å². The first-order valence-electron chi connectivity index (χ1n) is 3.61. The fraction of sp³-hybridized carbons (Fsp3) is 0. The highest BCUT2D eigenvalue weighted by molar-refractivity contribution is 5.97. The molecule has 2 aromatic rings. The number of rotatable bonds is 1. The third-order valence-corrected chi connectivity index (χ3v) is 1.66. The molecule has 66 valence electrons. The number of amides is 1. The van der Waals surface area contributed by atoms with Gasteiger partial charge in [0, 0.05) is 24.8 Å². The first kappa shape index (κ1) is 7.69. The van der Waals surface area contributed by atoms with Crippen LogP contribution in [0.25, 0.3) is 5.65 Å². The van der Waals surface area contributed by atoms with Crippen molar-refractivity contribution in [1.82, 2.24) is 19.8 Å². The Balaban J connectivity index is 2.67. The Morgan fingerprint density at radius 1 is 1.38 bits per heavy atom. The highest BCUT2D eigenvalue weighted by atomic mass is 16.2. The van der Waals surface area contributed by atoms with E-state index in [9.17, 15) is 4.79 Å². The van der Waals surface area contributed by atoms with E-state index in [1.807, 2.05) is 5.43 Å². The van der Waals surface area contributed by atoms with Gasteiger partial charge in [0.1, 0.15) is 0 Å². The molecule has 13 heavy (non-hydrogen) atoms. The Morgan fingerprint density at radius 3 is 2.77 bits per heavy atom. The number of nitrogen functional groups attached to an aromatic ring is 1. The number of nitrogens with zero attached hydrogens (tertiary/aromatic N) is 3. The Kier molecular flexibility index (Phi) is 1.67. The van der Waals surface area contributed by atoms with E-state index in [0.717, 1.165) is 0 Å². The summed E-state index contributed by atoms with van der Waals surface area (Å²) in [6, 6.07) is 0. The van der Waals surface area contributed by atoms with E-state index < -0.39 is 5.91 Å². The Morgan fingerprint density at radius 2 is 2.08 bits per heavy atom. The normalized spacial score (nSPS) is 10.2. The van der Waals surface area contributed by atoms with Crippen LogP contribution < -0.4 is 11.3 Å². The van der Waals surface area contributed by atoms with Crippen LogP contribution in [0.1, 0.15) is 10.5 Å². The van der Waals surface area contributed by atoms with Gasteiger partial charge >= 0.3 is 0 Å². The quantitative estimate of drug-likeness (QED) is 0.344. The molecule has 0 saturated carbocycles. The van der Waals surface area contributed by atoms with Gasteiger partial charge in [-0.05, 0) is 0 Å². The molecule has 0 fully saturated rings. The van der Waals surface area contributed by atoms with Gasteiger partial charge in [0.05, 0.1) is 0 Å². The minimum atomic E-state index is -0.447. The van der Waals surface area contributed by atoms with Gasteiger partial charge in [0.2, 0.25) is 0 Å². The molecule has 0 aliphatic heterocycles. The van der Waals surface area contributed by atoms with Crippen molar-refractivity contribution in [2.45, 2.75) is 0 Å². The van der Waals surface area contributed by atoms with Gasteiger partial charge in [-0.15, -0.1) is 0 Å². The van der Waals surface area contributed by atoms with E-state index in [0.29, 0.717) is 5.65 Å².